The molecule has 0 amide bonds. The summed E-state index contributed by atoms with van der Waals surface area (Å²) in [4.78, 5) is 8.20. The highest BCUT2D eigenvalue weighted by atomic mass is 19.1. The number of anilines is 1. The van der Waals surface area contributed by atoms with Crippen LogP contribution in [0.3, 0.4) is 0 Å². The molecule has 0 unspecified atom stereocenters. The molecule has 5 aromatic rings. The average Bonchev–Trinajstić information content (AvgIpc) is 3.39. The Morgan fingerprint density at radius 3 is 2.60 bits per heavy atom. The van der Waals surface area contributed by atoms with E-state index in [1.807, 2.05) is 36.0 Å². The monoisotopic (exact) mass is 399 g/mol. The topological polar surface area (TPSA) is 86.9 Å². The number of benzene rings is 1. The third kappa shape index (κ3) is 3.08. The maximum atomic E-state index is 15.5. The summed E-state index contributed by atoms with van der Waals surface area (Å²) in [6.45, 7) is 2.04. The lowest BCUT2D eigenvalue weighted by Gasteiger charge is -2.12. The molecular formula is C22H18FN7. The van der Waals surface area contributed by atoms with E-state index >= 15 is 4.39 Å². The van der Waals surface area contributed by atoms with Gasteiger partial charge in [0.15, 0.2) is 5.65 Å². The van der Waals surface area contributed by atoms with E-state index < -0.39 is 0 Å². The fourth-order valence-corrected chi connectivity index (χ4v) is 3.53. The number of fused-ring (bicyclic) bond motifs is 1. The fourth-order valence-electron chi connectivity index (χ4n) is 3.53. The van der Waals surface area contributed by atoms with E-state index in [-0.39, 0.29) is 17.8 Å². The molecule has 0 saturated heterocycles. The Bertz CT molecular complexity index is 1340. The van der Waals surface area contributed by atoms with E-state index in [4.69, 9.17) is 5.73 Å². The van der Waals surface area contributed by atoms with Gasteiger partial charge in [0, 0.05) is 41.5 Å². The Hall–Kier alpha value is -4.07. The molecule has 30 heavy (non-hydrogen) atoms. The van der Waals surface area contributed by atoms with Crippen molar-refractivity contribution in [2.24, 2.45) is 0 Å². The summed E-state index contributed by atoms with van der Waals surface area (Å²) in [6.07, 6.45) is 8.75. The number of aromatic nitrogens is 6. The van der Waals surface area contributed by atoms with Gasteiger partial charge in [0.05, 0.1) is 12.2 Å². The van der Waals surface area contributed by atoms with Gasteiger partial charge in [-0.1, -0.05) is 18.2 Å². The van der Waals surface area contributed by atoms with Gasteiger partial charge in [-0.05, 0) is 42.3 Å². The SMILES string of the molecule is C[C@H](c1ccncc1)n1cc(-c2cccc(-c3ccn4nc(N)nc4c3)c2F)cn1. The van der Waals surface area contributed by atoms with Crippen molar-refractivity contribution in [3.05, 3.63) is 84.8 Å². The van der Waals surface area contributed by atoms with Crippen molar-refractivity contribution in [2.75, 3.05) is 5.73 Å². The van der Waals surface area contributed by atoms with Crippen LogP contribution in [0.1, 0.15) is 18.5 Å². The number of rotatable bonds is 4. The van der Waals surface area contributed by atoms with Crippen molar-refractivity contribution in [1.29, 1.82) is 0 Å². The van der Waals surface area contributed by atoms with Gasteiger partial charge in [0.2, 0.25) is 5.95 Å². The van der Waals surface area contributed by atoms with Gasteiger partial charge in [-0.15, -0.1) is 5.10 Å². The number of nitrogen functional groups attached to an aromatic ring is 1. The molecule has 0 spiro atoms. The van der Waals surface area contributed by atoms with E-state index in [1.165, 1.54) is 0 Å². The molecule has 0 saturated carbocycles. The Balaban J connectivity index is 1.52. The first-order valence-corrected chi connectivity index (χ1v) is 9.45. The highest BCUT2D eigenvalue weighted by Crippen LogP contribution is 2.32. The summed E-state index contributed by atoms with van der Waals surface area (Å²) in [5, 5.41) is 8.50. The molecule has 0 aliphatic carbocycles. The number of hydrogen-bond donors (Lipinski definition) is 1. The number of hydrogen-bond acceptors (Lipinski definition) is 5. The summed E-state index contributed by atoms with van der Waals surface area (Å²) in [6, 6.07) is 12.8. The van der Waals surface area contributed by atoms with Crippen LogP contribution >= 0.6 is 0 Å². The van der Waals surface area contributed by atoms with Gasteiger partial charge in [0.1, 0.15) is 5.82 Å². The first-order chi connectivity index (χ1) is 14.6. The normalized spacial score (nSPS) is 12.3. The second-order valence-corrected chi connectivity index (χ2v) is 7.02. The molecule has 1 atom stereocenters. The minimum absolute atomic E-state index is 0.00815. The van der Waals surface area contributed by atoms with Gasteiger partial charge in [-0.2, -0.15) is 10.1 Å². The highest BCUT2D eigenvalue weighted by molar-refractivity contribution is 5.75. The van der Waals surface area contributed by atoms with Crippen molar-refractivity contribution < 1.29 is 4.39 Å². The Labute approximate surface area is 171 Å². The lowest BCUT2D eigenvalue weighted by Crippen LogP contribution is -2.06. The molecule has 4 aromatic heterocycles. The molecule has 7 nitrogen and oxygen atoms in total. The molecule has 2 N–H and O–H groups in total. The standard InChI is InChI=1S/C22H18FN7/c1-14(15-5-8-25-9-6-15)30-13-17(12-26-30)19-4-2-3-18(21(19)23)16-7-10-29-20(11-16)27-22(24)28-29/h2-14H,1H3,(H2,24,28)/t14-/m1/s1. The van der Waals surface area contributed by atoms with Crippen molar-refractivity contribution in [1.82, 2.24) is 29.4 Å². The maximum Gasteiger partial charge on any atom is 0.240 e. The Morgan fingerprint density at radius 2 is 1.80 bits per heavy atom. The minimum Gasteiger partial charge on any atom is -0.366 e. The predicted octanol–water partition coefficient (Wildman–Crippen LogP) is 3.99. The number of nitrogens with zero attached hydrogens (tertiary/aromatic N) is 6. The second-order valence-electron chi connectivity index (χ2n) is 7.02. The lowest BCUT2D eigenvalue weighted by atomic mass is 10.0. The second kappa shape index (κ2) is 7.07. The quantitative estimate of drug-likeness (QED) is 0.494. The van der Waals surface area contributed by atoms with Gasteiger partial charge >= 0.3 is 0 Å². The molecule has 5 rings (SSSR count). The number of nitrogens with two attached hydrogens (primary N) is 1. The largest absolute Gasteiger partial charge is 0.366 e. The predicted molar refractivity (Wildman–Crippen MR) is 112 cm³/mol. The molecule has 0 bridgehead atoms. The van der Waals surface area contributed by atoms with Crippen LogP contribution in [0.4, 0.5) is 10.3 Å². The zero-order chi connectivity index (χ0) is 20.7. The molecule has 4 heterocycles. The smallest absolute Gasteiger partial charge is 0.240 e. The first kappa shape index (κ1) is 18.0. The van der Waals surface area contributed by atoms with Crippen LogP contribution in [0.15, 0.2) is 73.4 Å². The highest BCUT2D eigenvalue weighted by Gasteiger charge is 2.16. The summed E-state index contributed by atoms with van der Waals surface area (Å²) in [5.74, 6) is -0.137. The number of halogens is 1. The fraction of sp³-hybridized carbons (Fsp3) is 0.0909. The summed E-state index contributed by atoms with van der Waals surface area (Å²) < 4.78 is 18.9. The number of pyridine rings is 2. The van der Waals surface area contributed by atoms with Crippen LogP contribution < -0.4 is 5.73 Å². The molecule has 148 valence electrons. The van der Waals surface area contributed by atoms with Crippen molar-refractivity contribution in [3.63, 3.8) is 0 Å². The zero-order valence-electron chi connectivity index (χ0n) is 16.1. The van der Waals surface area contributed by atoms with E-state index in [9.17, 15) is 0 Å². The molecule has 0 radical (unpaired) electrons. The Morgan fingerprint density at radius 1 is 1.03 bits per heavy atom. The van der Waals surface area contributed by atoms with Crippen LogP contribution in [-0.2, 0) is 0 Å². The third-order valence-electron chi connectivity index (χ3n) is 5.16. The summed E-state index contributed by atoms with van der Waals surface area (Å²) >= 11 is 0. The average molecular weight is 399 g/mol. The van der Waals surface area contributed by atoms with Gasteiger partial charge in [-0.25, -0.2) is 8.91 Å². The summed E-state index contributed by atoms with van der Waals surface area (Å²) in [5.41, 5.74) is 9.67. The minimum atomic E-state index is -0.314. The lowest BCUT2D eigenvalue weighted by molar-refractivity contribution is 0.564. The molecule has 0 fully saturated rings. The van der Waals surface area contributed by atoms with Crippen molar-refractivity contribution in [3.8, 4) is 22.3 Å². The van der Waals surface area contributed by atoms with E-state index in [0.29, 0.717) is 27.9 Å². The third-order valence-corrected chi connectivity index (χ3v) is 5.16. The summed E-state index contributed by atoms with van der Waals surface area (Å²) in [7, 11) is 0. The first-order valence-electron chi connectivity index (χ1n) is 9.45. The molecule has 0 aliphatic rings. The van der Waals surface area contributed by atoms with E-state index in [1.54, 1.807) is 53.6 Å². The van der Waals surface area contributed by atoms with Crippen LogP contribution in [-0.4, -0.2) is 29.4 Å². The molecular weight excluding hydrogens is 381 g/mol. The van der Waals surface area contributed by atoms with Gasteiger partial charge < -0.3 is 5.73 Å². The molecule has 8 heteroatoms. The van der Waals surface area contributed by atoms with Gasteiger partial charge in [0.25, 0.3) is 0 Å². The van der Waals surface area contributed by atoms with Gasteiger partial charge in [-0.3, -0.25) is 9.67 Å². The maximum absolute atomic E-state index is 15.5. The molecule has 1 aromatic carbocycles. The van der Waals surface area contributed by atoms with E-state index in [2.05, 4.69) is 20.2 Å². The van der Waals surface area contributed by atoms with Crippen LogP contribution in [0.5, 0.6) is 0 Å². The van der Waals surface area contributed by atoms with E-state index in [0.717, 1.165) is 5.56 Å². The van der Waals surface area contributed by atoms with Crippen molar-refractivity contribution in [2.45, 2.75) is 13.0 Å². The van der Waals surface area contributed by atoms with Crippen LogP contribution in [0.2, 0.25) is 0 Å². The van der Waals surface area contributed by atoms with Crippen LogP contribution in [0.25, 0.3) is 27.9 Å². The molecule has 0 aliphatic heterocycles. The van der Waals surface area contributed by atoms with Crippen molar-refractivity contribution >= 4 is 11.6 Å². The van der Waals surface area contributed by atoms with Crippen LogP contribution in [0, 0.1) is 5.82 Å². The zero-order valence-corrected chi connectivity index (χ0v) is 16.1. The Kier molecular flexibility index (Phi) is 4.24.